The van der Waals surface area contributed by atoms with Crippen molar-refractivity contribution in [3.63, 3.8) is 0 Å². The molecule has 0 aliphatic heterocycles. The Bertz CT molecular complexity index is 396. The van der Waals surface area contributed by atoms with Gasteiger partial charge in [-0.15, -0.1) is 0 Å². The maximum absolute atomic E-state index is 3.37. The zero-order chi connectivity index (χ0) is 13.7. The first-order chi connectivity index (χ1) is 9.15. The summed E-state index contributed by atoms with van der Waals surface area (Å²) in [6, 6.07) is 8.75. The Balaban J connectivity index is 1.81. The number of nitrogens with one attached hydrogen (secondary N) is 1. The Morgan fingerprint density at radius 1 is 1.26 bits per heavy atom. The number of rotatable bonds is 7. The molecular weight excluding hydrogens is 232 g/mol. The number of aryl methyl sites for hydroxylation is 1. The van der Waals surface area contributed by atoms with Crippen LogP contribution in [0.1, 0.15) is 30.4 Å². The number of hydrogen-bond donors (Lipinski definition) is 1. The highest BCUT2D eigenvalue weighted by Gasteiger charge is 2.36. The maximum atomic E-state index is 3.37. The minimum absolute atomic E-state index is 0.551. The first kappa shape index (κ1) is 14.5. The molecule has 2 heteroatoms. The summed E-state index contributed by atoms with van der Waals surface area (Å²) in [5, 5.41) is 3.37. The Kier molecular flexibility index (Phi) is 5.00. The number of nitrogens with zero attached hydrogens (tertiary/aromatic N) is 1. The summed E-state index contributed by atoms with van der Waals surface area (Å²) in [6.07, 6.45) is 5.36. The number of likely N-dealkylation sites (N-methyl/N-ethyl adjacent to an activating group) is 1. The van der Waals surface area contributed by atoms with E-state index in [2.05, 4.69) is 55.5 Å². The van der Waals surface area contributed by atoms with Crippen LogP contribution in [0.15, 0.2) is 24.3 Å². The predicted octanol–water partition coefficient (Wildman–Crippen LogP) is 2.86. The fourth-order valence-electron chi connectivity index (χ4n) is 3.30. The van der Waals surface area contributed by atoms with Crippen LogP contribution in [-0.2, 0) is 6.42 Å². The van der Waals surface area contributed by atoms with Crippen molar-refractivity contribution in [2.24, 2.45) is 5.41 Å². The average molecular weight is 260 g/mol. The van der Waals surface area contributed by atoms with Gasteiger partial charge in [0.1, 0.15) is 0 Å². The van der Waals surface area contributed by atoms with Crippen LogP contribution in [0.2, 0.25) is 0 Å². The summed E-state index contributed by atoms with van der Waals surface area (Å²) < 4.78 is 0. The van der Waals surface area contributed by atoms with Gasteiger partial charge in [-0.25, -0.2) is 0 Å². The van der Waals surface area contributed by atoms with E-state index in [0.717, 1.165) is 6.54 Å². The van der Waals surface area contributed by atoms with Crippen LogP contribution in [-0.4, -0.2) is 38.6 Å². The number of benzene rings is 1. The lowest BCUT2D eigenvalue weighted by Crippen LogP contribution is -2.47. The molecule has 0 saturated heterocycles. The summed E-state index contributed by atoms with van der Waals surface area (Å²) in [5.41, 5.74) is 3.46. The highest BCUT2D eigenvalue weighted by Crippen LogP contribution is 2.40. The van der Waals surface area contributed by atoms with Crippen LogP contribution in [0.4, 0.5) is 0 Å². The molecule has 0 bridgehead atoms. The molecule has 0 atom stereocenters. The van der Waals surface area contributed by atoms with Crippen LogP contribution in [0.25, 0.3) is 0 Å². The van der Waals surface area contributed by atoms with Gasteiger partial charge in [-0.3, -0.25) is 0 Å². The van der Waals surface area contributed by atoms with Gasteiger partial charge in [-0.2, -0.15) is 0 Å². The molecule has 0 heterocycles. The van der Waals surface area contributed by atoms with E-state index in [-0.39, 0.29) is 0 Å². The average Bonchev–Trinajstić information content (AvgIpc) is 2.35. The molecule has 19 heavy (non-hydrogen) atoms. The molecule has 2 rings (SSSR count). The first-order valence-corrected chi connectivity index (χ1v) is 7.53. The smallest absolute Gasteiger partial charge is 0.00472 e. The molecule has 0 aromatic heterocycles. The molecule has 0 spiro atoms. The van der Waals surface area contributed by atoms with Gasteiger partial charge >= 0.3 is 0 Å². The fourth-order valence-corrected chi connectivity index (χ4v) is 3.30. The van der Waals surface area contributed by atoms with E-state index in [1.165, 1.54) is 49.9 Å². The van der Waals surface area contributed by atoms with E-state index in [1.54, 1.807) is 0 Å². The van der Waals surface area contributed by atoms with Crippen LogP contribution in [0.5, 0.6) is 0 Å². The normalized spacial score (nSPS) is 17.5. The first-order valence-electron chi connectivity index (χ1n) is 7.53. The third-order valence-electron chi connectivity index (χ3n) is 4.60. The third kappa shape index (κ3) is 3.80. The standard InChI is InChI=1S/C17H28N2/c1-15-7-4-5-8-16(15)9-12-19(3)14-17(13-18-2)10-6-11-17/h4-5,7-8,18H,6,9-14H2,1-3H3. The van der Waals surface area contributed by atoms with Crippen LogP contribution in [0.3, 0.4) is 0 Å². The van der Waals surface area contributed by atoms with Gasteiger partial charge in [0.05, 0.1) is 0 Å². The molecule has 0 radical (unpaired) electrons. The minimum Gasteiger partial charge on any atom is -0.319 e. The van der Waals surface area contributed by atoms with Crippen molar-refractivity contribution >= 4 is 0 Å². The third-order valence-corrected chi connectivity index (χ3v) is 4.60. The minimum atomic E-state index is 0.551. The highest BCUT2D eigenvalue weighted by molar-refractivity contribution is 5.25. The summed E-state index contributed by atoms with van der Waals surface area (Å²) in [7, 11) is 4.35. The van der Waals surface area contributed by atoms with Crippen molar-refractivity contribution in [2.75, 3.05) is 33.7 Å². The van der Waals surface area contributed by atoms with E-state index in [0.29, 0.717) is 5.41 Å². The highest BCUT2D eigenvalue weighted by atomic mass is 15.1. The Morgan fingerprint density at radius 3 is 2.58 bits per heavy atom. The van der Waals surface area contributed by atoms with Gasteiger partial charge in [-0.05, 0) is 56.8 Å². The van der Waals surface area contributed by atoms with E-state index in [4.69, 9.17) is 0 Å². The van der Waals surface area contributed by atoms with Gasteiger partial charge in [0.2, 0.25) is 0 Å². The van der Waals surface area contributed by atoms with Gasteiger partial charge in [0.25, 0.3) is 0 Å². The lowest BCUT2D eigenvalue weighted by Gasteiger charge is -2.44. The summed E-state index contributed by atoms with van der Waals surface area (Å²) in [4.78, 5) is 2.52. The Hall–Kier alpha value is -0.860. The largest absolute Gasteiger partial charge is 0.319 e. The van der Waals surface area contributed by atoms with Crippen LogP contribution in [0, 0.1) is 12.3 Å². The zero-order valence-electron chi connectivity index (χ0n) is 12.7. The van der Waals surface area contributed by atoms with E-state index in [1.807, 2.05) is 0 Å². The van der Waals surface area contributed by atoms with Crippen molar-refractivity contribution in [3.8, 4) is 0 Å². The lowest BCUT2D eigenvalue weighted by molar-refractivity contribution is 0.0803. The molecular formula is C17H28N2. The van der Waals surface area contributed by atoms with Crippen molar-refractivity contribution in [1.82, 2.24) is 10.2 Å². The lowest BCUT2D eigenvalue weighted by atomic mass is 9.68. The fraction of sp³-hybridized carbons (Fsp3) is 0.647. The van der Waals surface area contributed by atoms with E-state index in [9.17, 15) is 0 Å². The maximum Gasteiger partial charge on any atom is 0.00472 e. The number of hydrogen-bond acceptors (Lipinski definition) is 2. The molecule has 2 nitrogen and oxygen atoms in total. The van der Waals surface area contributed by atoms with Crippen molar-refractivity contribution in [2.45, 2.75) is 32.6 Å². The summed E-state index contributed by atoms with van der Waals surface area (Å²) >= 11 is 0. The molecule has 1 aromatic carbocycles. The van der Waals surface area contributed by atoms with Gasteiger partial charge in [-0.1, -0.05) is 30.7 Å². The molecule has 1 fully saturated rings. The molecule has 1 saturated carbocycles. The molecule has 1 aliphatic rings. The second kappa shape index (κ2) is 6.53. The second-order valence-corrected chi connectivity index (χ2v) is 6.30. The SMILES string of the molecule is CNCC1(CN(C)CCc2ccccc2C)CCC1. The molecule has 1 N–H and O–H groups in total. The zero-order valence-corrected chi connectivity index (χ0v) is 12.7. The molecule has 1 aromatic rings. The monoisotopic (exact) mass is 260 g/mol. The molecule has 0 unspecified atom stereocenters. The van der Waals surface area contributed by atoms with Crippen LogP contribution >= 0.6 is 0 Å². The summed E-state index contributed by atoms with van der Waals surface area (Å²) in [5.74, 6) is 0. The molecule has 1 aliphatic carbocycles. The Morgan fingerprint density at radius 2 is 2.00 bits per heavy atom. The second-order valence-electron chi connectivity index (χ2n) is 6.30. The van der Waals surface area contributed by atoms with E-state index >= 15 is 0 Å². The topological polar surface area (TPSA) is 15.3 Å². The van der Waals surface area contributed by atoms with Crippen molar-refractivity contribution in [1.29, 1.82) is 0 Å². The molecule has 106 valence electrons. The van der Waals surface area contributed by atoms with Crippen LogP contribution < -0.4 is 5.32 Å². The van der Waals surface area contributed by atoms with Gasteiger partial charge < -0.3 is 10.2 Å². The molecule has 0 amide bonds. The van der Waals surface area contributed by atoms with Gasteiger partial charge in [0.15, 0.2) is 0 Å². The summed E-state index contributed by atoms with van der Waals surface area (Å²) in [6.45, 7) is 5.78. The van der Waals surface area contributed by atoms with Crippen molar-refractivity contribution < 1.29 is 0 Å². The quantitative estimate of drug-likeness (QED) is 0.811. The van der Waals surface area contributed by atoms with Gasteiger partial charge in [0, 0.05) is 19.6 Å². The Labute approximate surface area is 118 Å². The van der Waals surface area contributed by atoms with E-state index < -0.39 is 0 Å². The predicted molar refractivity (Wildman–Crippen MR) is 82.6 cm³/mol. The van der Waals surface area contributed by atoms with Crippen molar-refractivity contribution in [3.05, 3.63) is 35.4 Å².